The summed E-state index contributed by atoms with van der Waals surface area (Å²) < 4.78 is 0. The van der Waals surface area contributed by atoms with Gasteiger partial charge in [-0.15, -0.1) is 0 Å². The van der Waals surface area contributed by atoms with Crippen molar-refractivity contribution in [2.24, 2.45) is 34.0 Å². The highest BCUT2D eigenvalue weighted by Gasteiger charge is 2.85. The molecule has 0 aromatic rings. The minimum atomic E-state index is 0.272. The number of hydrogen-bond acceptors (Lipinski definition) is 1. The maximum Gasteiger partial charge on any atom is 0.0679 e. The van der Waals surface area contributed by atoms with Gasteiger partial charge in [0, 0.05) is 22.9 Å². The van der Waals surface area contributed by atoms with E-state index in [-0.39, 0.29) is 5.54 Å². The Morgan fingerprint density at radius 1 is 1.14 bits per heavy atom. The number of rotatable bonds is 0. The third-order valence-electron chi connectivity index (χ3n) is 12.9. The molecule has 2 aliphatic heterocycles. The first kappa shape index (κ1) is 16.8. The average Bonchev–Trinajstić information content (AvgIpc) is 3.09. The minimum Gasteiger partial charge on any atom is -0.281 e. The summed E-state index contributed by atoms with van der Waals surface area (Å²) in [5.74, 6) is 2.67. The molecule has 0 aromatic heterocycles. The summed E-state index contributed by atoms with van der Waals surface area (Å²) in [7, 11) is 0. The van der Waals surface area contributed by atoms with E-state index in [1.54, 1.807) is 5.57 Å². The van der Waals surface area contributed by atoms with Gasteiger partial charge >= 0.3 is 0 Å². The maximum atomic E-state index is 3.12. The fourth-order valence-corrected chi connectivity index (χ4v) is 12.0. The standard InChI is InChI=1S/C28H37N/c1-18-9-13-26-19(2)14-21-7-8-22-15-20-6-4-11-25(20)17-29(25)28(22)12-5-10-24(26,3)27(21,28)16-23(18)26/h5,12,15,19-21H,4,6-11,13-14,16-17H2,1-3H3/t19-,20+,21+,24-,25-,26-,27+,28-,29?/m1/s1. The number of nitrogens with zero attached hydrogens (tertiary/aromatic N) is 1. The van der Waals surface area contributed by atoms with Crippen molar-refractivity contribution in [1.82, 2.24) is 4.90 Å². The van der Waals surface area contributed by atoms with Gasteiger partial charge in [-0.1, -0.05) is 49.6 Å². The molecule has 2 bridgehead atoms. The van der Waals surface area contributed by atoms with Gasteiger partial charge in [-0.2, -0.15) is 0 Å². The lowest BCUT2D eigenvalue weighted by Gasteiger charge is -2.72. The van der Waals surface area contributed by atoms with Gasteiger partial charge in [-0.3, -0.25) is 4.90 Å². The molecular weight excluding hydrogens is 350 g/mol. The van der Waals surface area contributed by atoms with E-state index in [9.17, 15) is 0 Å². The number of allylic oxidation sites excluding steroid dienone is 3. The van der Waals surface area contributed by atoms with Crippen molar-refractivity contribution in [2.45, 2.75) is 96.1 Å². The van der Waals surface area contributed by atoms with Gasteiger partial charge in [0.25, 0.3) is 0 Å². The van der Waals surface area contributed by atoms with Gasteiger partial charge < -0.3 is 0 Å². The molecule has 1 unspecified atom stereocenters. The van der Waals surface area contributed by atoms with Crippen LogP contribution in [0.15, 0.2) is 34.9 Å². The van der Waals surface area contributed by atoms with Crippen LogP contribution in [0.4, 0.5) is 0 Å². The molecule has 29 heavy (non-hydrogen) atoms. The fourth-order valence-electron chi connectivity index (χ4n) is 12.0. The molecule has 1 nitrogen and oxygen atoms in total. The maximum absolute atomic E-state index is 3.12. The van der Waals surface area contributed by atoms with E-state index in [2.05, 4.69) is 43.9 Å². The second-order valence-electron chi connectivity index (χ2n) is 12.8. The summed E-state index contributed by atoms with van der Waals surface area (Å²) in [5.41, 5.74) is 7.89. The van der Waals surface area contributed by atoms with Gasteiger partial charge in [0.05, 0.1) is 5.54 Å². The van der Waals surface area contributed by atoms with Crippen LogP contribution >= 0.6 is 0 Å². The molecule has 4 saturated carbocycles. The Balaban J connectivity index is 1.46. The fraction of sp³-hybridized carbons (Fsp3) is 0.786. The molecule has 5 fully saturated rings. The van der Waals surface area contributed by atoms with E-state index in [1.807, 2.05) is 11.1 Å². The van der Waals surface area contributed by atoms with E-state index in [1.165, 1.54) is 70.8 Å². The van der Waals surface area contributed by atoms with Gasteiger partial charge in [0.2, 0.25) is 0 Å². The third-order valence-corrected chi connectivity index (χ3v) is 12.9. The second-order valence-corrected chi connectivity index (χ2v) is 12.8. The zero-order valence-corrected chi connectivity index (χ0v) is 18.7. The van der Waals surface area contributed by atoms with Crippen LogP contribution in [-0.2, 0) is 0 Å². The molecule has 0 aromatic carbocycles. The summed E-state index contributed by atoms with van der Waals surface area (Å²) in [6, 6.07) is 0. The lowest BCUT2D eigenvalue weighted by molar-refractivity contribution is -0.184. The van der Waals surface area contributed by atoms with Crippen LogP contribution in [0, 0.1) is 34.0 Å². The van der Waals surface area contributed by atoms with Crippen LogP contribution in [0.3, 0.4) is 0 Å². The molecule has 1 saturated heterocycles. The van der Waals surface area contributed by atoms with E-state index < -0.39 is 0 Å². The van der Waals surface area contributed by atoms with E-state index >= 15 is 0 Å². The van der Waals surface area contributed by atoms with Gasteiger partial charge in [0.15, 0.2) is 0 Å². The largest absolute Gasteiger partial charge is 0.281 e. The molecule has 4 spiro atoms. The molecular formula is C28H37N. The van der Waals surface area contributed by atoms with Crippen molar-refractivity contribution in [2.75, 3.05) is 6.54 Å². The van der Waals surface area contributed by atoms with Crippen molar-refractivity contribution in [1.29, 1.82) is 0 Å². The normalized spacial score (nSPS) is 62.8. The Morgan fingerprint density at radius 3 is 2.93 bits per heavy atom. The molecule has 8 aliphatic rings. The summed E-state index contributed by atoms with van der Waals surface area (Å²) in [4.78, 5) is 3.12. The average molecular weight is 388 g/mol. The lowest BCUT2D eigenvalue weighted by Crippen LogP contribution is -2.72. The van der Waals surface area contributed by atoms with Crippen molar-refractivity contribution < 1.29 is 0 Å². The quantitative estimate of drug-likeness (QED) is 0.342. The van der Waals surface area contributed by atoms with E-state index in [0.29, 0.717) is 21.8 Å². The first-order valence-corrected chi connectivity index (χ1v) is 12.8. The first-order valence-electron chi connectivity index (χ1n) is 12.8. The highest BCUT2D eigenvalue weighted by molar-refractivity contribution is 5.56. The monoisotopic (exact) mass is 387 g/mol. The zero-order valence-electron chi connectivity index (χ0n) is 18.7. The Bertz CT molecular complexity index is 953. The molecule has 8 rings (SSSR count). The lowest BCUT2D eigenvalue weighted by atomic mass is 9.34. The van der Waals surface area contributed by atoms with Crippen molar-refractivity contribution in [3.8, 4) is 0 Å². The molecule has 0 amide bonds. The predicted molar refractivity (Wildman–Crippen MR) is 117 cm³/mol. The van der Waals surface area contributed by atoms with Crippen LogP contribution in [0.1, 0.15) is 85.0 Å². The topological polar surface area (TPSA) is 3.01 Å². The molecule has 154 valence electrons. The van der Waals surface area contributed by atoms with Crippen molar-refractivity contribution in [3.63, 3.8) is 0 Å². The molecule has 2 heterocycles. The minimum absolute atomic E-state index is 0.272. The van der Waals surface area contributed by atoms with E-state index in [0.717, 1.165) is 17.8 Å². The van der Waals surface area contributed by atoms with Gasteiger partial charge in [-0.05, 0) is 93.5 Å². The smallest absolute Gasteiger partial charge is 0.0679 e. The second kappa shape index (κ2) is 4.52. The Hall–Kier alpha value is -0.820. The first-order chi connectivity index (χ1) is 14.0. The molecule has 6 aliphatic carbocycles. The number of hydrogen-bond donors (Lipinski definition) is 0. The Labute approximate surface area is 176 Å². The molecule has 1 heteroatoms. The van der Waals surface area contributed by atoms with Gasteiger partial charge in [-0.25, -0.2) is 0 Å². The molecule has 9 atom stereocenters. The van der Waals surface area contributed by atoms with Crippen LogP contribution in [0.2, 0.25) is 0 Å². The summed E-state index contributed by atoms with van der Waals surface area (Å²) in [6.07, 6.45) is 22.7. The van der Waals surface area contributed by atoms with E-state index in [4.69, 9.17) is 0 Å². The summed E-state index contributed by atoms with van der Waals surface area (Å²) in [5, 5.41) is 0. The van der Waals surface area contributed by atoms with Crippen LogP contribution in [0.5, 0.6) is 0 Å². The highest BCUT2D eigenvalue weighted by atomic mass is 15.4. The SMILES string of the molecule is CC1=C2C[C@@]34[C@H]5CCC6=C[C@@H]7CCC[C@@]78CN8[C@]63C=CC[C@]4(C)[C@]2(CC1)[C@H](C)C5. The summed E-state index contributed by atoms with van der Waals surface area (Å²) >= 11 is 0. The van der Waals surface area contributed by atoms with Crippen LogP contribution in [0.25, 0.3) is 0 Å². The Morgan fingerprint density at radius 2 is 2.03 bits per heavy atom. The molecule has 0 radical (unpaired) electrons. The zero-order chi connectivity index (χ0) is 19.4. The highest BCUT2D eigenvalue weighted by Crippen LogP contribution is 2.87. The van der Waals surface area contributed by atoms with Crippen LogP contribution < -0.4 is 0 Å². The Kier molecular flexibility index (Phi) is 2.62. The van der Waals surface area contributed by atoms with Crippen molar-refractivity contribution in [3.05, 3.63) is 34.9 Å². The molecule has 0 N–H and O–H groups in total. The van der Waals surface area contributed by atoms with Gasteiger partial charge in [0.1, 0.15) is 0 Å². The predicted octanol–water partition coefficient (Wildman–Crippen LogP) is 6.42. The summed E-state index contributed by atoms with van der Waals surface area (Å²) in [6.45, 7) is 9.36. The third kappa shape index (κ3) is 1.32. The van der Waals surface area contributed by atoms with Crippen LogP contribution in [-0.4, -0.2) is 22.5 Å². The van der Waals surface area contributed by atoms with Crippen molar-refractivity contribution >= 4 is 0 Å².